The standard InChI is InChI=1S/C14H14N6S/c1-9-2-4-15-14(18-9)19-10-6-20(7-10)13-12-11(3-5-21-12)16-8-17-13/h2-5,8,10H,6-7H2,1H3,(H,15,18,19). The lowest BCUT2D eigenvalue weighted by molar-refractivity contribution is 0.543. The van der Waals surface area contributed by atoms with Crippen LogP contribution in [-0.4, -0.2) is 39.1 Å². The molecule has 3 aromatic heterocycles. The van der Waals surface area contributed by atoms with Crippen molar-refractivity contribution in [3.05, 3.63) is 35.7 Å². The number of hydrogen-bond acceptors (Lipinski definition) is 7. The molecule has 1 fully saturated rings. The molecule has 0 atom stereocenters. The molecule has 0 aromatic carbocycles. The summed E-state index contributed by atoms with van der Waals surface area (Å²) in [5.41, 5.74) is 1.99. The van der Waals surface area contributed by atoms with Gasteiger partial charge in [-0.05, 0) is 24.4 Å². The van der Waals surface area contributed by atoms with E-state index in [4.69, 9.17) is 0 Å². The van der Waals surface area contributed by atoms with Gasteiger partial charge < -0.3 is 10.2 Å². The van der Waals surface area contributed by atoms with Crippen LogP contribution in [0.15, 0.2) is 30.0 Å². The van der Waals surface area contributed by atoms with Crippen molar-refractivity contribution in [2.45, 2.75) is 13.0 Å². The van der Waals surface area contributed by atoms with Crippen molar-refractivity contribution in [2.24, 2.45) is 0 Å². The van der Waals surface area contributed by atoms with Crippen LogP contribution in [0.4, 0.5) is 11.8 Å². The molecule has 4 heterocycles. The predicted octanol–water partition coefficient (Wildman–Crippen LogP) is 2.09. The second kappa shape index (κ2) is 4.92. The topological polar surface area (TPSA) is 66.8 Å². The van der Waals surface area contributed by atoms with Crippen molar-refractivity contribution in [1.82, 2.24) is 19.9 Å². The zero-order valence-corrected chi connectivity index (χ0v) is 12.3. The van der Waals surface area contributed by atoms with Crippen LogP contribution in [0.25, 0.3) is 10.2 Å². The molecule has 1 aliphatic rings. The smallest absolute Gasteiger partial charge is 0.223 e. The SMILES string of the molecule is Cc1ccnc(NC2CN(c3ncnc4ccsc34)C2)n1. The van der Waals surface area contributed by atoms with Crippen molar-refractivity contribution in [3.63, 3.8) is 0 Å². The molecule has 21 heavy (non-hydrogen) atoms. The van der Waals surface area contributed by atoms with Crippen molar-refractivity contribution >= 4 is 33.3 Å². The highest BCUT2D eigenvalue weighted by molar-refractivity contribution is 7.17. The number of rotatable bonds is 3. The van der Waals surface area contributed by atoms with Crippen LogP contribution in [0.3, 0.4) is 0 Å². The van der Waals surface area contributed by atoms with Gasteiger partial charge in [-0.25, -0.2) is 19.9 Å². The largest absolute Gasteiger partial charge is 0.351 e. The van der Waals surface area contributed by atoms with Crippen LogP contribution in [0.1, 0.15) is 5.69 Å². The van der Waals surface area contributed by atoms with Gasteiger partial charge in [0.1, 0.15) is 12.1 Å². The molecule has 0 radical (unpaired) electrons. The van der Waals surface area contributed by atoms with E-state index in [1.165, 1.54) is 0 Å². The number of thiophene rings is 1. The van der Waals surface area contributed by atoms with Gasteiger partial charge in [0.2, 0.25) is 5.95 Å². The van der Waals surface area contributed by atoms with E-state index < -0.39 is 0 Å². The van der Waals surface area contributed by atoms with Gasteiger partial charge in [0, 0.05) is 25.0 Å². The zero-order valence-electron chi connectivity index (χ0n) is 11.5. The molecule has 1 saturated heterocycles. The summed E-state index contributed by atoms with van der Waals surface area (Å²) in [7, 11) is 0. The molecule has 0 unspecified atom stereocenters. The van der Waals surface area contributed by atoms with Crippen LogP contribution in [0, 0.1) is 6.92 Å². The average Bonchev–Trinajstić information content (AvgIpc) is 2.91. The number of aromatic nitrogens is 4. The average molecular weight is 298 g/mol. The van der Waals surface area contributed by atoms with E-state index >= 15 is 0 Å². The van der Waals surface area contributed by atoms with Gasteiger partial charge in [0.15, 0.2) is 0 Å². The number of hydrogen-bond donors (Lipinski definition) is 1. The fourth-order valence-corrected chi connectivity index (χ4v) is 3.31. The molecule has 0 spiro atoms. The van der Waals surface area contributed by atoms with Gasteiger partial charge in [0.05, 0.1) is 16.3 Å². The first-order chi connectivity index (χ1) is 10.3. The summed E-state index contributed by atoms with van der Waals surface area (Å²) in [4.78, 5) is 19.6. The van der Waals surface area contributed by atoms with Gasteiger partial charge >= 0.3 is 0 Å². The highest BCUT2D eigenvalue weighted by Crippen LogP contribution is 2.30. The molecule has 0 amide bonds. The Labute approximate surface area is 125 Å². The summed E-state index contributed by atoms with van der Waals surface area (Å²) in [6.07, 6.45) is 3.41. The molecule has 0 bridgehead atoms. The lowest BCUT2D eigenvalue weighted by Crippen LogP contribution is -2.55. The second-order valence-corrected chi connectivity index (χ2v) is 6.02. The van der Waals surface area contributed by atoms with Crippen LogP contribution in [0.2, 0.25) is 0 Å². The third kappa shape index (κ3) is 2.29. The summed E-state index contributed by atoms with van der Waals surface area (Å²) in [6, 6.07) is 4.28. The predicted molar refractivity (Wildman–Crippen MR) is 83.8 cm³/mol. The van der Waals surface area contributed by atoms with E-state index in [9.17, 15) is 0 Å². The van der Waals surface area contributed by atoms with Crippen molar-refractivity contribution in [2.75, 3.05) is 23.3 Å². The first-order valence-electron chi connectivity index (χ1n) is 6.79. The van der Waals surface area contributed by atoms with E-state index in [0.29, 0.717) is 12.0 Å². The van der Waals surface area contributed by atoms with Gasteiger partial charge in [-0.2, -0.15) is 0 Å². The van der Waals surface area contributed by atoms with Crippen molar-refractivity contribution < 1.29 is 0 Å². The Kier molecular flexibility index (Phi) is 2.92. The zero-order chi connectivity index (χ0) is 14.2. The molecule has 6 nitrogen and oxygen atoms in total. The number of anilines is 2. The van der Waals surface area contributed by atoms with Gasteiger partial charge in [-0.15, -0.1) is 11.3 Å². The van der Waals surface area contributed by atoms with E-state index in [0.717, 1.165) is 34.8 Å². The molecule has 1 aliphatic heterocycles. The fourth-order valence-electron chi connectivity index (χ4n) is 2.44. The maximum absolute atomic E-state index is 4.42. The Morgan fingerprint density at radius 3 is 3.00 bits per heavy atom. The molecule has 106 valence electrons. The van der Waals surface area contributed by atoms with E-state index in [1.54, 1.807) is 23.9 Å². The minimum absolute atomic E-state index is 0.358. The first kappa shape index (κ1) is 12.5. The quantitative estimate of drug-likeness (QED) is 0.798. The van der Waals surface area contributed by atoms with Crippen molar-refractivity contribution in [1.29, 1.82) is 0 Å². The number of aryl methyl sites for hydroxylation is 1. The Bertz CT molecular complexity index is 780. The Morgan fingerprint density at radius 1 is 1.24 bits per heavy atom. The minimum Gasteiger partial charge on any atom is -0.351 e. The summed E-state index contributed by atoms with van der Waals surface area (Å²) >= 11 is 1.69. The monoisotopic (exact) mass is 298 g/mol. The first-order valence-corrected chi connectivity index (χ1v) is 7.67. The summed E-state index contributed by atoms with van der Waals surface area (Å²) in [5.74, 6) is 1.72. The normalized spacial score (nSPS) is 15.2. The highest BCUT2D eigenvalue weighted by atomic mass is 32.1. The summed E-state index contributed by atoms with van der Waals surface area (Å²) in [6.45, 7) is 3.77. The molecule has 3 aromatic rings. The third-order valence-electron chi connectivity index (χ3n) is 3.53. The lowest BCUT2D eigenvalue weighted by atomic mass is 10.1. The van der Waals surface area contributed by atoms with E-state index in [2.05, 4.69) is 35.5 Å². The minimum atomic E-state index is 0.358. The maximum Gasteiger partial charge on any atom is 0.223 e. The Morgan fingerprint density at radius 2 is 2.14 bits per heavy atom. The van der Waals surface area contributed by atoms with Crippen LogP contribution in [-0.2, 0) is 0 Å². The Hall–Kier alpha value is -2.28. The third-order valence-corrected chi connectivity index (χ3v) is 4.43. The highest BCUT2D eigenvalue weighted by Gasteiger charge is 2.29. The summed E-state index contributed by atoms with van der Waals surface area (Å²) < 4.78 is 1.16. The van der Waals surface area contributed by atoms with Crippen LogP contribution < -0.4 is 10.2 Å². The van der Waals surface area contributed by atoms with E-state index in [-0.39, 0.29) is 0 Å². The van der Waals surface area contributed by atoms with E-state index in [1.807, 2.05) is 19.1 Å². The molecule has 0 aliphatic carbocycles. The van der Waals surface area contributed by atoms with Crippen LogP contribution >= 0.6 is 11.3 Å². The number of fused-ring (bicyclic) bond motifs is 1. The number of nitrogens with zero attached hydrogens (tertiary/aromatic N) is 5. The van der Waals surface area contributed by atoms with Gasteiger partial charge in [-0.1, -0.05) is 0 Å². The second-order valence-electron chi connectivity index (χ2n) is 5.10. The maximum atomic E-state index is 4.42. The lowest BCUT2D eigenvalue weighted by Gasteiger charge is -2.40. The molecular formula is C14H14N6S. The summed E-state index contributed by atoms with van der Waals surface area (Å²) in [5, 5.41) is 5.41. The molecule has 4 rings (SSSR count). The van der Waals surface area contributed by atoms with Gasteiger partial charge in [-0.3, -0.25) is 0 Å². The molecule has 7 heteroatoms. The molecular weight excluding hydrogens is 284 g/mol. The number of nitrogens with one attached hydrogen (secondary N) is 1. The van der Waals surface area contributed by atoms with Crippen molar-refractivity contribution in [3.8, 4) is 0 Å². The fraction of sp³-hybridized carbons (Fsp3) is 0.286. The Balaban J connectivity index is 1.46. The van der Waals surface area contributed by atoms with Crippen LogP contribution in [0.5, 0.6) is 0 Å². The molecule has 1 N–H and O–H groups in total. The molecule has 0 saturated carbocycles. The van der Waals surface area contributed by atoms with Gasteiger partial charge in [0.25, 0.3) is 0 Å².